The Balaban J connectivity index is 1.60. The smallest absolute Gasteiger partial charge is 0.260 e. The van der Waals surface area contributed by atoms with E-state index >= 15 is 0 Å². The van der Waals surface area contributed by atoms with Gasteiger partial charge in [-0.15, -0.1) is 0 Å². The predicted octanol–water partition coefficient (Wildman–Crippen LogP) is 2.63. The van der Waals surface area contributed by atoms with Gasteiger partial charge in [0.25, 0.3) is 5.91 Å². The van der Waals surface area contributed by atoms with Crippen molar-refractivity contribution in [3.05, 3.63) is 83.8 Å². The quantitative estimate of drug-likeness (QED) is 0.552. The lowest BCUT2D eigenvalue weighted by Crippen LogP contribution is -2.41. The summed E-state index contributed by atoms with van der Waals surface area (Å²) in [6.45, 7) is 3.19. The number of amides is 1. The second kappa shape index (κ2) is 6.05. The van der Waals surface area contributed by atoms with Crippen LogP contribution in [-0.4, -0.2) is 35.0 Å². The molecule has 5 rings (SSSR count). The van der Waals surface area contributed by atoms with Crippen molar-refractivity contribution < 1.29 is 4.79 Å². The van der Waals surface area contributed by atoms with Crippen molar-refractivity contribution >= 4 is 11.6 Å². The number of hydrogen-bond acceptors (Lipinski definition) is 4. The maximum atomic E-state index is 13.5. The largest absolute Gasteiger partial charge is 0.328 e. The molecule has 7 heteroatoms. The minimum atomic E-state index is -0.0792. The third-order valence-corrected chi connectivity index (χ3v) is 5.14. The molecule has 0 saturated carbocycles. The average molecular weight is 358 g/mol. The molecular formula is C20H18N6O. The van der Waals surface area contributed by atoms with Gasteiger partial charge in [0.1, 0.15) is 11.4 Å². The Morgan fingerprint density at radius 3 is 2.81 bits per heavy atom. The second-order valence-corrected chi connectivity index (χ2v) is 6.73. The standard InChI is InChI=1S/C20H18N6O/c1-14-10-22-18-13-25(17(12-24(14)18)15-6-3-2-4-7-15)20(27)16-11-23-26-9-5-8-21-19(16)26/h2-11,17H,12-13H2,1H3/t17-/m0/s1. The molecule has 0 saturated heterocycles. The normalized spacial score (nSPS) is 16.5. The van der Waals surface area contributed by atoms with E-state index in [9.17, 15) is 4.79 Å². The molecule has 1 aliphatic heterocycles. The van der Waals surface area contributed by atoms with Crippen molar-refractivity contribution in [2.45, 2.75) is 26.1 Å². The lowest BCUT2D eigenvalue weighted by Gasteiger charge is -2.36. The number of imidazole rings is 1. The van der Waals surface area contributed by atoms with Gasteiger partial charge in [-0.2, -0.15) is 5.10 Å². The van der Waals surface area contributed by atoms with Gasteiger partial charge in [-0.3, -0.25) is 4.79 Å². The molecule has 0 N–H and O–H groups in total. The van der Waals surface area contributed by atoms with Crippen LogP contribution < -0.4 is 0 Å². The van der Waals surface area contributed by atoms with Crippen LogP contribution in [0.5, 0.6) is 0 Å². The van der Waals surface area contributed by atoms with Crippen LogP contribution in [-0.2, 0) is 13.1 Å². The number of carbonyl (C=O) groups is 1. The number of carbonyl (C=O) groups excluding carboxylic acids is 1. The van der Waals surface area contributed by atoms with E-state index in [0.717, 1.165) is 17.1 Å². The van der Waals surface area contributed by atoms with Gasteiger partial charge in [0, 0.05) is 30.8 Å². The Kier molecular flexibility index (Phi) is 3.53. The molecule has 0 aliphatic carbocycles. The highest BCUT2D eigenvalue weighted by Gasteiger charge is 2.34. The van der Waals surface area contributed by atoms with Gasteiger partial charge in [-0.1, -0.05) is 30.3 Å². The third-order valence-electron chi connectivity index (χ3n) is 5.14. The minimum absolute atomic E-state index is 0.0715. The fourth-order valence-electron chi connectivity index (χ4n) is 3.73. The summed E-state index contributed by atoms with van der Waals surface area (Å²) in [5.74, 6) is 0.821. The average Bonchev–Trinajstić information content (AvgIpc) is 3.31. The molecule has 27 heavy (non-hydrogen) atoms. The summed E-state index contributed by atoms with van der Waals surface area (Å²) in [6, 6.07) is 11.9. The Morgan fingerprint density at radius 1 is 1.11 bits per heavy atom. The van der Waals surface area contributed by atoms with E-state index in [1.54, 1.807) is 29.2 Å². The minimum Gasteiger partial charge on any atom is -0.328 e. The van der Waals surface area contributed by atoms with Crippen LogP contribution in [0.4, 0.5) is 0 Å². The topological polar surface area (TPSA) is 68.3 Å². The summed E-state index contributed by atoms with van der Waals surface area (Å²) in [5.41, 5.74) is 3.29. The number of aryl methyl sites for hydroxylation is 1. The highest BCUT2D eigenvalue weighted by Crippen LogP contribution is 2.31. The number of hydrogen-bond donors (Lipinski definition) is 0. The SMILES string of the molecule is Cc1cnc2n1C[C@@H](c1ccccc1)N(C(=O)c1cnn3cccnc13)C2. The summed E-state index contributed by atoms with van der Waals surface area (Å²) in [5, 5.41) is 4.27. The van der Waals surface area contributed by atoms with Gasteiger partial charge in [0.05, 0.1) is 18.8 Å². The van der Waals surface area contributed by atoms with Crippen molar-refractivity contribution in [1.29, 1.82) is 0 Å². The van der Waals surface area contributed by atoms with E-state index in [1.807, 2.05) is 36.2 Å². The van der Waals surface area contributed by atoms with Crippen molar-refractivity contribution in [2.24, 2.45) is 0 Å². The molecule has 0 radical (unpaired) electrons. The van der Waals surface area contributed by atoms with E-state index in [0.29, 0.717) is 24.3 Å². The second-order valence-electron chi connectivity index (χ2n) is 6.73. The number of fused-ring (bicyclic) bond motifs is 2. The highest BCUT2D eigenvalue weighted by atomic mass is 16.2. The Bertz CT molecular complexity index is 1130. The van der Waals surface area contributed by atoms with Crippen LogP contribution in [0.2, 0.25) is 0 Å². The van der Waals surface area contributed by atoms with E-state index in [-0.39, 0.29) is 11.9 Å². The lowest BCUT2D eigenvalue weighted by molar-refractivity contribution is 0.0584. The van der Waals surface area contributed by atoms with Gasteiger partial charge >= 0.3 is 0 Å². The van der Waals surface area contributed by atoms with Crippen LogP contribution in [0.3, 0.4) is 0 Å². The zero-order valence-corrected chi connectivity index (χ0v) is 14.9. The molecule has 1 aromatic carbocycles. The van der Waals surface area contributed by atoms with Gasteiger partial charge < -0.3 is 9.47 Å². The summed E-state index contributed by atoms with van der Waals surface area (Å²) in [6.07, 6.45) is 6.93. The Labute approximate surface area is 155 Å². The first kappa shape index (κ1) is 15.7. The van der Waals surface area contributed by atoms with Crippen LogP contribution in [0.1, 0.15) is 33.5 Å². The Morgan fingerprint density at radius 2 is 1.96 bits per heavy atom. The fourth-order valence-corrected chi connectivity index (χ4v) is 3.73. The van der Waals surface area contributed by atoms with Crippen molar-refractivity contribution in [1.82, 2.24) is 29.0 Å². The van der Waals surface area contributed by atoms with Crippen LogP contribution >= 0.6 is 0 Å². The molecule has 0 unspecified atom stereocenters. The van der Waals surface area contributed by atoms with Gasteiger partial charge in [0.15, 0.2) is 5.65 Å². The number of benzene rings is 1. The molecule has 7 nitrogen and oxygen atoms in total. The van der Waals surface area contributed by atoms with Gasteiger partial charge in [0.2, 0.25) is 0 Å². The van der Waals surface area contributed by atoms with Crippen LogP contribution in [0.15, 0.2) is 61.2 Å². The van der Waals surface area contributed by atoms with E-state index in [2.05, 4.69) is 31.8 Å². The van der Waals surface area contributed by atoms with Crippen LogP contribution in [0.25, 0.3) is 5.65 Å². The molecule has 134 valence electrons. The fraction of sp³-hybridized carbons (Fsp3) is 0.200. The van der Waals surface area contributed by atoms with Gasteiger partial charge in [-0.05, 0) is 18.6 Å². The maximum absolute atomic E-state index is 13.5. The highest BCUT2D eigenvalue weighted by molar-refractivity contribution is 5.99. The van der Waals surface area contributed by atoms with E-state index in [1.165, 1.54) is 0 Å². The molecule has 0 fully saturated rings. The molecule has 1 atom stereocenters. The Hall–Kier alpha value is -3.48. The zero-order valence-electron chi connectivity index (χ0n) is 14.9. The zero-order chi connectivity index (χ0) is 18.4. The summed E-state index contributed by atoms with van der Waals surface area (Å²) >= 11 is 0. The first-order valence-corrected chi connectivity index (χ1v) is 8.87. The lowest BCUT2D eigenvalue weighted by atomic mass is 10.0. The van der Waals surface area contributed by atoms with Gasteiger partial charge in [-0.25, -0.2) is 14.5 Å². The first-order chi connectivity index (χ1) is 13.2. The molecule has 1 amide bonds. The molecular weight excluding hydrogens is 340 g/mol. The molecule has 0 spiro atoms. The molecule has 1 aliphatic rings. The molecule has 0 bridgehead atoms. The monoisotopic (exact) mass is 358 g/mol. The molecule has 4 heterocycles. The number of aromatic nitrogens is 5. The van der Waals surface area contributed by atoms with E-state index in [4.69, 9.17) is 0 Å². The van der Waals surface area contributed by atoms with E-state index < -0.39 is 0 Å². The molecule has 3 aromatic heterocycles. The first-order valence-electron chi connectivity index (χ1n) is 8.87. The summed E-state index contributed by atoms with van der Waals surface area (Å²) in [7, 11) is 0. The van der Waals surface area contributed by atoms with Crippen molar-refractivity contribution in [2.75, 3.05) is 0 Å². The number of nitrogens with zero attached hydrogens (tertiary/aromatic N) is 6. The van der Waals surface area contributed by atoms with Crippen molar-refractivity contribution in [3.8, 4) is 0 Å². The number of rotatable bonds is 2. The summed E-state index contributed by atoms with van der Waals surface area (Å²) in [4.78, 5) is 24.2. The van der Waals surface area contributed by atoms with Crippen LogP contribution in [0, 0.1) is 6.92 Å². The predicted molar refractivity (Wildman–Crippen MR) is 99.0 cm³/mol. The third kappa shape index (κ3) is 2.51. The maximum Gasteiger partial charge on any atom is 0.260 e. The van der Waals surface area contributed by atoms with Crippen molar-refractivity contribution in [3.63, 3.8) is 0 Å². The molecule has 4 aromatic rings. The summed E-state index contributed by atoms with van der Waals surface area (Å²) < 4.78 is 3.82.